The monoisotopic (exact) mass is 322 g/mol. The van der Waals surface area contributed by atoms with Crippen LogP contribution in [-0.4, -0.2) is 9.78 Å². The molecule has 19 heavy (non-hydrogen) atoms. The molecule has 0 aliphatic rings. The number of nitrogen functional groups attached to an aromatic ring is 1. The highest BCUT2D eigenvalue weighted by atomic mass is 79.9. The summed E-state index contributed by atoms with van der Waals surface area (Å²) >= 11 is 3.50. The summed E-state index contributed by atoms with van der Waals surface area (Å²) in [6.07, 6.45) is 1.02. The molecule has 0 bridgehead atoms. The van der Waals surface area contributed by atoms with Crippen LogP contribution in [0.5, 0.6) is 0 Å². The number of nitrogens with zero attached hydrogens (tertiary/aromatic N) is 2. The smallest absolute Gasteiger partial charge is 0.152 e. The van der Waals surface area contributed by atoms with Crippen molar-refractivity contribution in [1.29, 1.82) is 0 Å². The molecular weight excluding hydrogens is 304 g/mol. The van der Waals surface area contributed by atoms with Crippen LogP contribution in [0.1, 0.15) is 24.6 Å². The Morgan fingerprint density at radius 3 is 2.74 bits per heavy atom. The van der Waals surface area contributed by atoms with E-state index in [1.54, 1.807) is 0 Å². The van der Waals surface area contributed by atoms with Gasteiger partial charge in [0.05, 0.1) is 11.4 Å². The van der Waals surface area contributed by atoms with Crippen LogP contribution in [0.2, 0.25) is 0 Å². The molecule has 2 rings (SSSR count). The van der Waals surface area contributed by atoms with Gasteiger partial charge in [0.15, 0.2) is 5.82 Å². The van der Waals surface area contributed by atoms with Crippen LogP contribution in [0.3, 0.4) is 0 Å². The Morgan fingerprint density at radius 2 is 2.11 bits per heavy atom. The van der Waals surface area contributed by atoms with Gasteiger partial charge in [0.2, 0.25) is 0 Å². The van der Waals surface area contributed by atoms with E-state index in [0.717, 1.165) is 34.6 Å². The Labute approximate surface area is 122 Å². The molecule has 0 aliphatic carbocycles. The Morgan fingerprint density at radius 1 is 1.37 bits per heavy atom. The molecule has 0 amide bonds. The minimum Gasteiger partial charge on any atom is -0.394 e. The lowest BCUT2D eigenvalue weighted by molar-refractivity contribution is 0.605. The third kappa shape index (κ3) is 2.92. The topological polar surface area (TPSA) is 55.9 Å². The molecule has 0 spiro atoms. The van der Waals surface area contributed by atoms with Gasteiger partial charge in [0.1, 0.15) is 0 Å². The third-order valence-electron chi connectivity index (χ3n) is 3.03. The molecule has 0 saturated heterocycles. The number of benzene rings is 1. The normalized spacial score (nSPS) is 10.7. The average molecular weight is 323 g/mol. The van der Waals surface area contributed by atoms with Gasteiger partial charge in [-0.05, 0) is 44.0 Å². The van der Waals surface area contributed by atoms with Gasteiger partial charge in [-0.1, -0.05) is 22.9 Å². The summed E-state index contributed by atoms with van der Waals surface area (Å²) in [6, 6.07) is 6.14. The molecule has 1 aromatic heterocycles. The summed E-state index contributed by atoms with van der Waals surface area (Å²) < 4.78 is 3.03. The second-order valence-corrected chi connectivity index (χ2v) is 5.51. The van der Waals surface area contributed by atoms with Crippen molar-refractivity contribution in [2.45, 2.75) is 33.7 Å². The maximum absolute atomic E-state index is 6.09. The van der Waals surface area contributed by atoms with E-state index in [1.165, 1.54) is 5.56 Å². The van der Waals surface area contributed by atoms with Gasteiger partial charge in [-0.15, -0.1) is 0 Å². The molecule has 0 radical (unpaired) electrons. The third-order valence-corrected chi connectivity index (χ3v) is 3.92. The molecule has 0 aliphatic heterocycles. The highest BCUT2D eigenvalue weighted by molar-refractivity contribution is 9.10. The summed E-state index contributed by atoms with van der Waals surface area (Å²) in [5.41, 5.74) is 9.88. The maximum Gasteiger partial charge on any atom is 0.152 e. The van der Waals surface area contributed by atoms with E-state index in [-0.39, 0.29) is 0 Å². The van der Waals surface area contributed by atoms with Crippen LogP contribution >= 0.6 is 15.9 Å². The number of nitrogens with one attached hydrogen (secondary N) is 1. The molecule has 0 fully saturated rings. The minimum atomic E-state index is 0.717. The summed E-state index contributed by atoms with van der Waals surface area (Å²) in [7, 11) is 0. The van der Waals surface area contributed by atoms with Gasteiger partial charge < -0.3 is 11.1 Å². The molecular formula is C14H19BrN4. The fourth-order valence-electron chi connectivity index (χ4n) is 1.96. The largest absolute Gasteiger partial charge is 0.394 e. The first-order chi connectivity index (χ1) is 9.02. The molecule has 102 valence electrons. The summed E-state index contributed by atoms with van der Waals surface area (Å²) in [5, 5.41) is 7.83. The van der Waals surface area contributed by atoms with Crippen LogP contribution in [0.15, 0.2) is 22.7 Å². The number of hydrogen-bond donors (Lipinski definition) is 2. The van der Waals surface area contributed by atoms with Crippen molar-refractivity contribution in [3.05, 3.63) is 33.9 Å². The van der Waals surface area contributed by atoms with Crippen molar-refractivity contribution >= 4 is 33.1 Å². The van der Waals surface area contributed by atoms with Crippen molar-refractivity contribution in [1.82, 2.24) is 9.78 Å². The summed E-state index contributed by atoms with van der Waals surface area (Å²) in [6.45, 7) is 6.98. The van der Waals surface area contributed by atoms with E-state index in [9.17, 15) is 0 Å². The number of nitrogens with two attached hydrogens (primary N) is 1. The molecule has 3 N–H and O–H groups in total. The Bertz CT molecular complexity index is 589. The molecule has 2 aromatic rings. The molecule has 0 atom stereocenters. The van der Waals surface area contributed by atoms with Crippen LogP contribution < -0.4 is 11.1 Å². The van der Waals surface area contributed by atoms with Gasteiger partial charge in [-0.25, -0.2) is 4.68 Å². The lowest BCUT2D eigenvalue weighted by Crippen LogP contribution is -2.05. The Hall–Kier alpha value is -1.49. The first kappa shape index (κ1) is 13.9. The number of halogens is 1. The van der Waals surface area contributed by atoms with E-state index in [2.05, 4.69) is 46.3 Å². The van der Waals surface area contributed by atoms with E-state index < -0.39 is 0 Å². The molecule has 0 unspecified atom stereocenters. The van der Waals surface area contributed by atoms with Crippen LogP contribution in [0.25, 0.3) is 0 Å². The van der Waals surface area contributed by atoms with Gasteiger partial charge in [-0.2, -0.15) is 5.10 Å². The number of aromatic nitrogens is 2. The minimum absolute atomic E-state index is 0.717. The standard InChI is InChI=1S/C14H19BrN4/c1-4-7-19-14(13(16)10(3)18-19)17-11-5-6-12(15)9(2)8-11/h5-6,8,17H,4,7,16H2,1-3H3. The van der Waals surface area contributed by atoms with Gasteiger partial charge in [-0.3, -0.25) is 0 Å². The quantitative estimate of drug-likeness (QED) is 0.894. The fourth-order valence-corrected chi connectivity index (χ4v) is 2.21. The lowest BCUT2D eigenvalue weighted by atomic mass is 10.2. The average Bonchev–Trinajstić information content (AvgIpc) is 2.62. The van der Waals surface area contributed by atoms with E-state index in [0.29, 0.717) is 5.69 Å². The Kier molecular flexibility index (Phi) is 4.14. The molecule has 0 saturated carbocycles. The first-order valence-corrected chi connectivity index (χ1v) is 7.18. The molecule has 5 heteroatoms. The van der Waals surface area contributed by atoms with Crippen LogP contribution in [0.4, 0.5) is 17.2 Å². The van der Waals surface area contributed by atoms with Crippen molar-refractivity contribution in [3.8, 4) is 0 Å². The van der Waals surface area contributed by atoms with Crippen LogP contribution in [0, 0.1) is 13.8 Å². The zero-order valence-electron chi connectivity index (χ0n) is 11.5. The first-order valence-electron chi connectivity index (χ1n) is 6.39. The molecule has 4 nitrogen and oxygen atoms in total. The number of hydrogen-bond acceptors (Lipinski definition) is 3. The van der Waals surface area contributed by atoms with Crippen molar-refractivity contribution < 1.29 is 0 Å². The van der Waals surface area contributed by atoms with Crippen molar-refractivity contribution in [2.75, 3.05) is 11.1 Å². The Balaban J connectivity index is 2.34. The predicted molar refractivity (Wildman–Crippen MR) is 83.8 cm³/mol. The number of aryl methyl sites for hydroxylation is 3. The molecule has 1 heterocycles. The van der Waals surface area contributed by atoms with Gasteiger partial charge in [0.25, 0.3) is 0 Å². The summed E-state index contributed by atoms with van der Waals surface area (Å²) in [4.78, 5) is 0. The fraction of sp³-hybridized carbons (Fsp3) is 0.357. The van der Waals surface area contributed by atoms with Gasteiger partial charge >= 0.3 is 0 Å². The van der Waals surface area contributed by atoms with Crippen molar-refractivity contribution in [2.24, 2.45) is 0 Å². The maximum atomic E-state index is 6.09. The van der Waals surface area contributed by atoms with E-state index >= 15 is 0 Å². The van der Waals surface area contributed by atoms with Gasteiger partial charge in [0, 0.05) is 16.7 Å². The highest BCUT2D eigenvalue weighted by Gasteiger charge is 2.12. The highest BCUT2D eigenvalue weighted by Crippen LogP contribution is 2.28. The predicted octanol–water partition coefficient (Wildman–Crippen LogP) is 4.00. The van der Waals surface area contributed by atoms with Crippen molar-refractivity contribution in [3.63, 3.8) is 0 Å². The zero-order valence-corrected chi connectivity index (χ0v) is 13.1. The second kappa shape index (κ2) is 5.65. The number of anilines is 3. The SMILES string of the molecule is CCCn1nc(C)c(N)c1Nc1ccc(Br)c(C)c1. The van der Waals surface area contributed by atoms with Crippen LogP contribution in [-0.2, 0) is 6.54 Å². The van der Waals surface area contributed by atoms with E-state index in [4.69, 9.17) is 5.73 Å². The number of rotatable bonds is 4. The molecule has 1 aromatic carbocycles. The zero-order chi connectivity index (χ0) is 14.0. The lowest BCUT2D eigenvalue weighted by Gasteiger charge is -2.11. The van der Waals surface area contributed by atoms with E-state index in [1.807, 2.05) is 23.7 Å². The second-order valence-electron chi connectivity index (χ2n) is 4.66. The summed E-state index contributed by atoms with van der Waals surface area (Å²) in [5.74, 6) is 0.876.